The van der Waals surface area contributed by atoms with E-state index in [9.17, 15) is 18.0 Å². The van der Waals surface area contributed by atoms with Crippen molar-refractivity contribution >= 4 is 6.09 Å². The van der Waals surface area contributed by atoms with Gasteiger partial charge in [-0.15, -0.1) is 0 Å². The molecule has 0 aliphatic carbocycles. The van der Waals surface area contributed by atoms with E-state index in [1.807, 2.05) is 0 Å². The lowest BCUT2D eigenvalue weighted by atomic mass is 10.0. The van der Waals surface area contributed by atoms with Crippen LogP contribution in [0.5, 0.6) is 0 Å². The van der Waals surface area contributed by atoms with Gasteiger partial charge in [0, 0.05) is 26.2 Å². The van der Waals surface area contributed by atoms with E-state index in [0.29, 0.717) is 25.9 Å². The Kier molecular flexibility index (Phi) is 6.09. The van der Waals surface area contributed by atoms with Crippen molar-refractivity contribution in [2.24, 2.45) is 0 Å². The van der Waals surface area contributed by atoms with Gasteiger partial charge in [-0.2, -0.15) is 13.2 Å². The summed E-state index contributed by atoms with van der Waals surface area (Å²) in [6, 6.07) is -0.218. The van der Waals surface area contributed by atoms with E-state index in [1.165, 1.54) is 9.80 Å². The zero-order valence-electron chi connectivity index (χ0n) is 13.5. The van der Waals surface area contributed by atoms with Gasteiger partial charge >= 0.3 is 12.3 Å². The van der Waals surface area contributed by atoms with Crippen LogP contribution < -0.4 is 0 Å². The minimum absolute atomic E-state index is 0.218. The topological polar surface area (TPSA) is 53.0 Å². The van der Waals surface area contributed by atoms with Crippen molar-refractivity contribution < 1.29 is 27.8 Å². The molecule has 1 saturated heterocycles. The third-order valence-electron chi connectivity index (χ3n) is 3.52. The summed E-state index contributed by atoms with van der Waals surface area (Å²) in [7, 11) is 1.59. The summed E-state index contributed by atoms with van der Waals surface area (Å²) in [6.07, 6.45) is -6.10. The van der Waals surface area contributed by atoms with Crippen LogP contribution in [0.4, 0.5) is 18.0 Å². The second kappa shape index (κ2) is 7.04. The molecule has 0 aromatic carbocycles. The van der Waals surface area contributed by atoms with Crippen LogP contribution in [0.15, 0.2) is 0 Å². The number of alkyl halides is 3. The lowest BCUT2D eigenvalue weighted by Gasteiger charge is -2.38. The Hall–Kier alpha value is -1.02. The van der Waals surface area contributed by atoms with Gasteiger partial charge in [0.25, 0.3) is 0 Å². The number of amides is 1. The molecule has 1 aliphatic heterocycles. The number of aliphatic hydroxyl groups excluding tert-OH is 1. The van der Waals surface area contributed by atoms with Gasteiger partial charge in [0.05, 0.1) is 0 Å². The Balaban J connectivity index is 2.57. The first-order valence-electron chi connectivity index (χ1n) is 7.33. The number of β-amino-alcohol motifs (C(OH)–C–C–N with tert-alkyl or cyclic N) is 1. The molecule has 2 atom stereocenters. The van der Waals surface area contributed by atoms with E-state index in [1.54, 1.807) is 27.8 Å². The molecule has 0 aromatic heterocycles. The lowest BCUT2D eigenvalue weighted by Crippen LogP contribution is -2.52. The molecule has 8 heteroatoms. The summed E-state index contributed by atoms with van der Waals surface area (Å²) in [6.45, 7) is 5.57. The second-order valence-corrected chi connectivity index (χ2v) is 6.70. The van der Waals surface area contributed by atoms with Gasteiger partial charge in [-0.05, 0) is 40.2 Å². The largest absolute Gasteiger partial charge is 0.444 e. The SMILES string of the molecule is CN(C(=O)OC(C)(C)C)C1CCCN(CC(O)C(F)(F)F)C1. The standard InChI is InChI=1S/C14H25F3N2O3/c1-13(2,3)22-12(21)18(4)10-6-5-7-19(8-10)9-11(20)14(15,16)17/h10-11,20H,5-9H2,1-4H3. The van der Waals surface area contributed by atoms with Gasteiger partial charge in [-0.3, -0.25) is 4.90 Å². The van der Waals surface area contributed by atoms with Crippen molar-refractivity contribution in [2.75, 3.05) is 26.7 Å². The molecule has 1 amide bonds. The van der Waals surface area contributed by atoms with Crippen LogP contribution in [0.1, 0.15) is 33.6 Å². The molecule has 0 bridgehead atoms. The minimum Gasteiger partial charge on any atom is -0.444 e. The highest BCUT2D eigenvalue weighted by Gasteiger charge is 2.40. The molecule has 0 spiro atoms. The van der Waals surface area contributed by atoms with E-state index in [0.717, 1.165) is 0 Å². The molecule has 0 radical (unpaired) electrons. The minimum atomic E-state index is -4.62. The van der Waals surface area contributed by atoms with E-state index >= 15 is 0 Å². The summed E-state index contributed by atoms with van der Waals surface area (Å²) >= 11 is 0. The van der Waals surface area contributed by atoms with Gasteiger partial charge in [-0.1, -0.05) is 0 Å². The number of likely N-dealkylation sites (tertiary alicyclic amines) is 1. The van der Waals surface area contributed by atoms with Crippen LogP contribution in [0.2, 0.25) is 0 Å². The molecule has 2 unspecified atom stereocenters. The first-order chi connectivity index (χ1) is 9.90. The van der Waals surface area contributed by atoms with Crippen molar-refractivity contribution in [2.45, 2.75) is 57.5 Å². The van der Waals surface area contributed by atoms with Gasteiger partial charge in [0.15, 0.2) is 6.10 Å². The number of carbonyl (C=O) groups is 1. The third-order valence-corrected chi connectivity index (χ3v) is 3.52. The fourth-order valence-corrected chi connectivity index (χ4v) is 2.34. The van der Waals surface area contributed by atoms with Crippen LogP contribution in [0, 0.1) is 0 Å². The molecule has 1 fully saturated rings. The highest BCUT2D eigenvalue weighted by Crippen LogP contribution is 2.23. The molecule has 0 saturated carbocycles. The first-order valence-corrected chi connectivity index (χ1v) is 7.33. The number of hydrogen-bond acceptors (Lipinski definition) is 4. The van der Waals surface area contributed by atoms with Crippen LogP contribution >= 0.6 is 0 Å². The summed E-state index contributed by atoms with van der Waals surface area (Å²) in [4.78, 5) is 15.0. The maximum Gasteiger partial charge on any atom is 0.415 e. The smallest absolute Gasteiger partial charge is 0.415 e. The van der Waals surface area contributed by atoms with Crippen LogP contribution in [0.3, 0.4) is 0 Å². The molecular formula is C14H25F3N2O3. The quantitative estimate of drug-likeness (QED) is 0.864. The normalized spacial score (nSPS) is 22.3. The second-order valence-electron chi connectivity index (χ2n) is 6.70. The highest BCUT2D eigenvalue weighted by molar-refractivity contribution is 5.68. The van der Waals surface area contributed by atoms with Crippen molar-refractivity contribution in [3.63, 3.8) is 0 Å². The number of hydrogen-bond donors (Lipinski definition) is 1. The van der Waals surface area contributed by atoms with Crippen molar-refractivity contribution in [1.29, 1.82) is 0 Å². The zero-order valence-corrected chi connectivity index (χ0v) is 13.5. The van der Waals surface area contributed by atoms with Crippen molar-refractivity contribution in [3.05, 3.63) is 0 Å². The molecule has 22 heavy (non-hydrogen) atoms. The summed E-state index contributed by atoms with van der Waals surface area (Å²) in [5.74, 6) is 0. The van der Waals surface area contributed by atoms with Crippen LogP contribution in [-0.2, 0) is 4.74 Å². The van der Waals surface area contributed by atoms with Gasteiger partial charge < -0.3 is 14.7 Å². The number of rotatable bonds is 3. The maximum atomic E-state index is 12.4. The average molecular weight is 326 g/mol. The summed E-state index contributed by atoms with van der Waals surface area (Å²) in [5.41, 5.74) is -0.619. The molecule has 1 heterocycles. The van der Waals surface area contributed by atoms with E-state index < -0.39 is 30.5 Å². The number of carbonyl (C=O) groups excluding carboxylic acids is 1. The Morgan fingerprint density at radius 2 is 2.00 bits per heavy atom. The van der Waals surface area contributed by atoms with E-state index in [4.69, 9.17) is 9.84 Å². The molecular weight excluding hydrogens is 301 g/mol. The number of nitrogens with zero attached hydrogens (tertiary/aromatic N) is 2. The third kappa shape index (κ3) is 6.00. The Bertz CT molecular complexity index is 383. The highest BCUT2D eigenvalue weighted by atomic mass is 19.4. The fourth-order valence-electron chi connectivity index (χ4n) is 2.34. The van der Waals surface area contributed by atoms with E-state index in [2.05, 4.69) is 0 Å². The van der Waals surface area contributed by atoms with Gasteiger partial charge in [0.2, 0.25) is 0 Å². The predicted molar refractivity (Wildman–Crippen MR) is 75.5 cm³/mol. The average Bonchev–Trinajstić information content (AvgIpc) is 2.35. The van der Waals surface area contributed by atoms with Gasteiger partial charge in [-0.25, -0.2) is 4.79 Å². The number of aliphatic hydroxyl groups is 1. The first kappa shape index (κ1) is 19.0. The Morgan fingerprint density at radius 1 is 1.41 bits per heavy atom. The summed E-state index contributed by atoms with van der Waals surface area (Å²) < 4.78 is 42.5. The lowest BCUT2D eigenvalue weighted by molar-refractivity contribution is -0.209. The van der Waals surface area contributed by atoms with Crippen molar-refractivity contribution in [1.82, 2.24) is 9.80 Å². The number of likely N-dealkylation sites (N-methyl/N-ethyl adjacent to an activating group) is 1. The van der Waals surface area contributed by atoms with E-state index in [-0.39, 0.29) is 6.04 Å². The fraction of sp³-hybridized carbons (Fsp3) is 0.929. The molecule has 1 rings (SSSR count). The molecule has 0 aromatic rings. The molecule has 1 N–H and O–H groups in total. The van der Waals surface area contributed by atoms with Crippen molar-refractivity contribution in [3.8, 4) is 0 Å². The number of ether oxygens (including phenoxy) is 1. The monoisotopic (exact) mass is 326 g/mol. The summed E-state index contributed by atoms with van der Waals surface area (Å²) in [5, 5.41) is 9.15. The zero-order chi connectivity index (χ0) is 17.1. The van der Waals surface area contributed by atoms with Crippen LogP contribution in [0.25, 0.3) is 0 Å². The predicted octanol–water partition coefficient (Wildman–Crippen LogP) is 2.24. The molecule has 1 aliphatic rings. The number of halogens is 3. The van der Waals surface area contributed by atoms with Gasteiger partial charge in [0.1, 0.15) is 5.60 Å². The maximum absolute atomic E-state index is 12.4. The Labute approximate surface area is 129 Å². The van der Waals surface area contributed by atoms with Crippen LogP contribution in [-0.4, -0.2) is 71.6 Å². The molecule has 130 valence electrons. The number of piperidine rings is 1. The Morgan fingerprint density at radius 3 is 2.50 bits per heavy atom. The molecule has 5 nitrogen and oxygen atoms in total.